The Kier molecular flexibility index (Phi) is 4.92. The number of rotatable bonds is 7. The van der Waals surface area contributed by atoms with Gasteiger partial charge in [0.2, 0.25) is 5.78 Å². The van der Waals surface area contributed by atoms with Gasteiger partial charge in [0.25, 0.3) is 11.8 Å². The van der Waals surface area contributed by atoms with Gasteiger partial charge in [-0.3, -0.25) is 19.0 Å². The van der Waals surface area contributed by atoms with Crippen LogP contribution in [0.3, 0.4) is 0 Å². The lowest BCUT2D eigenvalue weighted by atomic mass is 10.0. The Morgan fingerprint density at radius 1 is 1.28 bits per heavy atom. The first-order chi connectivity index (χ1) is 14.0. The molecule has 0 spiro atoms. The summed E-state index contributed by atoms with van der Waals surface area (Å²) in [6, 6.07) is 6.06. The Bertz CT molecular complexity index is 1190. The Hall–Kier alpha value is -3.79. The van der Waals surface area contributed by atoms with E-state index in [0.717, 1.165) is 15.8 Å². The number of ketones is 1. The molecule has 0 fully saturated rings. The van der Waals surface area contributed by atoms with Crippen LogP contribution in [0.1, 0.15) is 16.1 Å². The third-order valence-corrected chi connectivity index (χ3v) is 5.41. The summed E-state index contributed by atoms with van der Waals surface area (Å²) >= 11 is 1.51. The van der Waals surface area contributed by atoms with Crippen molar-refractivity contribution in [3.63, 3.8) is 0 Å². The van der Waals surface area contributed by atoms with E-state index in [0.29, 0.717) is 5.82 Å². The van der Waals surface area contributed by atoms with E-state index in [9.17, 15) is 14.4 Å². The predicted molar refractivity (Wildman–Crippen MR) is 107 cm³/mol. The van der Waals surface area contributed by atoms with Crippen molar-refractivity contribution in [1.82, 2.24) is 24.8 Å². The van der Waals surface area contributed by atoms with Crippen LogP contribution in [0.4, 0.5) is 0 Å². The minimum atomic E-state index is -1.11. The first-order valence-corrected chi connectivity index (χ1v) is 9.54. The molecule has 1 atom stereocenters. The number of imidazole rings is 1. The molecule has 4 aromatic rings. The van der Waals surface area contributed by atoms with Crippen molar-refractivity contribution < 1.29 is 14.4 Å². The third-order valence-electron chi connectivity index (χ3n) is 4.41. The molecule has 1 unspecified atom stereocenters. The van der Waals surface area contributed by atoms with Crippen LogP contribution >= 0.6 is 11.3 Å². The SMILES string of the molecule is NC(=O)C(=O)C(Cc1csc2cc[nH]c12)NC(=O)c1cncn1-c1ccccn1. The number of carbonyl (C=O) groups is 3. The number of fused-ring (bicyclic) bond motifs is 1. The number of nitrogens with two attached hydrogens (primary N) is 1. The maximum Gasteiger partial charge on any atom is 0.287 e. The van der Waals surface area contributed by atoms with E-state index in [1.807, 2.05) is 11.4 Å². The highest BCUT2D eigenvalue weighted by Crippen LogP contribution is 2.25. The standard InChI is InChI=1S/C19H16N6O3S/c20-18(27)17(26)12(7-11-9-29-14-4-6-23-16(11)14)24-19(28)13-8-21-10-25(13)15-3-1-2-5-22-15/h1-6,8-10,12,23H,7H2,(H2,20,27)(H,24,28). The molecule has 0 saturated carbocycles. The summed E-state index contributed by atoms with van der Waals surface area (Å²) in [6.45, 7) is 0. The van der Waals surface area contributed by atoms with Gasteiger partial charge in [0.05, 0.1) is 16.4 Å². The fourth-order valence-electron chi connectivity index (χ4n) is 3.02. The van der Waals surface area contributed by atoms with Crippen LogP contribution in [0.5, 0.6) is 0 Å². The summed E-state index contributed by atoms with van der Waals surface area (Å²) < 4.78 is 2.51. The predicted octanol–water partition coefficient (Wildman–Crippen LogP) is 1.21. The molecular formula is C19H16N6O3S. The minimum absolute atomic E-state index is 0.131. The van der Waals surface area contributed by atoms with Gasteiger partial charge in [-0.05, 0) is 29.1 Å². The van der Waals surface area contributed by atoms with E-state index in [1.165, 1.54) is 28.4 Å². The quantitative estimate of drug-likeness (QED) is 0.395. The molecule has 29 heavy (non-hydrogen) atoms. The van der Waals surface area contributed by atoms with Crippen molar-refractivity contribution in [2.45, 2.75) is 12.5 Å². The van der Waals surface area contributed by atoms with Crippen LogP contribution in [-0.4, -0.2) is 43.2 Å². The van der Waals surface area contributed by atoms with Crippen LogP contribution in [0.25, 0.3) is 16.0 Å². The van der Waals surface area contributed by atoms with Gasteiger partial charge in [-0.25, -0.2) is 9.97 Å². The molecule has 0 aromatic carbocycles. The van der Waals surface area contributed by atoms with Gasteiger partial charge in [-0.15, -0.1) is 11.3 Å². The van der Waals surface area contributed by atoms with Gasteiger partial charge in [0, 0.05) is 18.8 Å². The molecule has 2 amide bonds. The number of amides is 2. The van der Waals surface area contributed by atoms with Crippen LogP contribution in [0, 0.1) is 0 Å². The summed E-state index contributed by atoms with van der Waals surface area (Å²) in [6.07, 6.45) is 6.33. The normalized spacial score (nSPS) is 12.0. The second kappa shape index (κ2) is 7.68. The van der Waals surface area contributed by atoms with Crippen molar-refractivity contribution >= 4 is 39.2 Å². The van der Waals surface area contributed by atoms with Gasteiger partial charge in [0.15, 0.2) is 0 Å². The average Bonchev–Trinajstić information content (AvgIpc) is 3.45. The van der Waals surface area contributed by atoms with Crippen molar-refractivity contribution in [3.05, 3.63) is 65.8 Å². The summed E-state index contributed by atoms with van der Waals surface area (Å²) in [4.78, 5) is 48.1. The highest BCUT2D eigenvalue weighted by atomic mass is 32.1. The van der Waals surface area contributed by atoms with Gasteiger partial charge in [-0.2, -0.15) is 0 Å². The number of nitrogens with zero attached hydrogens (tertiary/aromatic N) is 3. The number of hydrogen-bond acceptors (Lipinski definition) is 6. The van der Waals surface area contributed by atoms with E-state index in [2.05, 4.69) is 20.3 Å². The molecule has 0 bridgehead atoms. The lowest BCUT2D eigenvalue weighted by Gasteiger charge is -2.16. The molecular weight excluding hydrogens is 392 g/mol. The smallest absolute Gasteiger partial charge is 0.287 e. The van der Waals surface area contributed by atoms with Crippen LogP contribution < -0.4 is 11.1 Å². The second-order valence-corrected chi connectivity index (χ2v) is 7.18. The number of nitrogens with one attached hydrogen (secondary N) is 2. The number of aromatic amines is 1. The minimum Gasteiger partial charge on any atom is -0.363 e. The van der Waals surface area contributed by atoms with Crippen LogP contribution in [0.2, 0.25) is 0 Å². The molecule has 9 nitrogen and oxygen atoms in total. The Morgan fingerprint density at radius 3 is 2.90 bits per heavy atom. The van der Waals surface area contributed by atoms with Crippen LogP contribution in [-0.2, 0) is 16.0 Å². The van der Waals surface area contributed by atoms with E-state index < -0.39 is 23.6 Å². The Labute approximate surface area is 168 Å². The monoisotopic (exact) mass is 408 g/mol. The zero-order chi connectivity index (χ0) is 20.4. The van der Waals surface area contributed by atoms with Crippen molar-refractivity contribution in [1.29, 1.82) is 0 Å². The topological polar surface area (TPSA) is 136 Å². The molecule has 0 aliphatic carbocycles. The van der Waals surface area contributed by atoms with Crippen LogP contribution in [0.15, 0.2) is 54.6 Å². The maximum atomic E-state index is 12.9. The molecule has 0 radical (unpaired) electrons. The van der Waals surface area contributed by atoms with E-state index in [4.69, 9.17) is 5.73 Å². The molecule has 10 heteroatoms. The van der Waals surface area contributed by atoms with Gasteiger partial charge < -0.3 is 16.0 Å². The van der Waals surface area contributed by atoms with Crippen molar-refractivity contribution in [2.75, 3.05) is 0 Å². The zero-order valence-electron chi connectivity index (χ0n) is 15.0. The fraction of sp³-hybridized carbons (Fsp3) is 0.105. The zero-order valence-corrected chi connectivity index (χ0v) is 15.8. The van der Waals surface area contributed by atoms with Gasteiger partial charge >= 0.3 is 0 Å². The highest BCUT2D eigenvalue weighted by molar-refractivity contribution is 7.17. The summed E-state index contributed by atoms with van der Waals surface area (Å²) in [5, 5.41) is 4.50. The number of hydrogen-bond donors (Lipinski definition) is 3. The number of carbonyl (C=O) groups excluding carboxylic acids is 3. The highest BCUT2D eigenvalue weighted by Gasteiger charge is 2.28. The first-order valence-electron chi connectivity index (χ1n) is 8.66. The largest absolute Gasteiger partial charge is 0.363 e. The Morgan fingerprint density at radius 2 is 2.14 bits per heavy atom. The lowest BCUT2D eigenvalue weighted by molar-refractivity contribution is -0.137. The first kappa shape index (κ1) is 18.6. The molecule has 4 heterocycles. The average molecular weight is 408 g/mol. The van der Waals surface area contributed by atoms with E-state index in [1.54, 1.807) is 30.6 Å². The molecule has 4 aromatic heterocycles. The van der Waals surface area contributed by atoms with Gasteiger partial charge in [0.1, 0.15) is 23.9 Å². The summed E-state index contributed by atoms with van der Waals surface area (Å²) in [7, 11) is 0. The van der Waals surface area contributed by atoms with E-state index in [-0.39, 0.29) is 12.1 Å². The summed E-state index contributed by atoms with van der Waals surface area (Å²) in [5.74, 6) is -2.04. The fourth-order valence-corrected chi connectivity index (χ4v) is 3.96. The third kappa shape index (κ3) is 3.65. The number of H-pyrrole nitrogens is 1. The number of primary amides is 1. The number of aromatic nitrogens is 4. The molecule has 146 valence electrons. The van der Waals surface area contributed by atoms with E-state index >= 15 is 0 Å². The Balaban J connectivity index is 1.61. The van der Waals surface area contributed by atoms with Crippen molar-refractivity contribution in [3.8, 4) is 5.82 Å². The maximum absolute atomic E-state index is 12.9. The summed E-state index contributed by atoms with van der Waals surface area (Å²) in [5.41, 5.74) is 7.06. The number of Topliss-reactive ketones (excluding diaryl/α,β-unsaturated/α-hetero) is 1. The van der Waals surface area contributed by atoms with Crippen molar-refractivity contribution in [2.24, 2.45) is 5.73 Å². The molecule has 0 aliphatic rings. The molecule has 4 rings (SSSR count). The lowest BCUT2D eigenvalue weighted by Crippen LogP contribution is -2.47. The number of thiophene rings is 1. The molecule has 0 aliphatic heterocycles. The number of pyridine rings is 1. The van der Waals surface area contributed by atoms with Gasteiger partial charge in [-0.1, -0.05) is 6.07 Å². The molecule has 0 saturated heterocycles. The molecule has 4 N–H and O–H groups in total. The second-order valence-electron chi connectivity index (χ2n) is 6.27.